The molecule has 0 heterocycles. The molecule has 140 valence electrons. The minimum absolute atomic E-state index is 0.0464. The van der Waals surface area contributed by atoms with Crippen LogP contribution in [0.1, 0.15) is 31.9 Å². The van der Waals surface area contributed by atoms with Crippen molar-refractivity contribution in [3.8, 4) is 0 Å². The van der Waals surface area contributed by atoms with E-state index in [1.54, 1.807) is 20.8 Å². The summed E-state index contributed by atoms with van der Waals surface area (Å²) in [6, 6.07) is 4.15. The third-order valence-electron chi connectivity index (χ3n) is 2.79. The number of halogens is 3. The van der Waals surface area contributed by atoms with E-state index in [2.05, 4.69) is 16.0 Å². The first-order valence-electron chi connectivity index (χ1n) is 7.62. The molecule has 0 spiro atoms. The summed E-state index contributed by atoms with van der Waals surface area (Å²) < 4.78 is 42.8. The van der Waals surface area contributed by atoms with Crippen molar-refractivity contribution in [1.29, 1.82) is 0 Å². The molecule has 0 atom stereocenters. The van der Waals surface area contributed by atoms with Crippen molar-refractivity contribution in [2.75, 3.05) is 13.1 Å². The normalized spacial score (nSPS) is 11.6. The Balaban J connectivity index is 2.29. The Kier molecular flexibility index (Phi) is 7.08. The van der Waals surface area contributed by atoms with Gasteiger partial charge < -0.3 is 20.7 Å². The maximum Gasteiger partial charge on any atom is 0.416 e. The second kappa shape index (κ2) is 8.59. The van der Waals surface area contributed by atoms with E-state index in [9.17, 15) is 22.8 Å². The highest BCUT2D eigenvalue weighted by atomic mass is 19.4. The lowest BCUT2D eigenvalue weighted by Gasteiger charge is -2.19. The highest BCUT2D eigenvalue weighted by molar-refractivity contribution is 5.74. The fourth-order valence-electron chi connectivity index (χ4n) is 1.76. The summed E-state index contributed by atoms with van der Waals surface area (Å²) in [5.41, 5.74) is -1.05. The molecular formula is C16H22F3N3O3. The molecule has 1 aromatic rings. The number of hydrogen-bond acceptors (Lipinski definition) is 3. The highest BCUT2D eigenvalue weighted by Gasteiger charge is 2.30. The molecule has 0 unspecified atom stereocenters. The number of nitrogens with one attached hydrogen (secondary N) is 3. The molecule has 0 aliphatic carbocycles. The molecule has 1 rings (SSSR count). The zero-order valence-corrected chi connectivity index (χ0v) is 14.3. The molecule has 0 aromatic heterocycles. The Bertz CT molecular complexity index is 598. The van der Waals surface area contributed by atoms with E-state index in [0.29, 0.717) is 5.56 Å². The quantitative estimate of drug-likeness (QED) is 0.706. The number of benzene rings is 1. The largest absolute Gasteiger partial charge is 0.444 e. The zero-order valence-electron chi connectivity index (χ0n) is 14.3. The molecular weight excluding hydrogens is 339 g/mol. The van der Waals surface area contributed by atoms with Gasteiger partial charge in [0.1, 0.15) is 5.60 Å². The summed E-state index contributed by atoms with van der Waals surface area (Å²) >= 11 is 0. The summed E-state index contributed by atoms with van der Waals surface area (Å²) in [6.07, 6.45) is -5.02. The van der Waals surface area contributed by atoms with E-state index in [-0.39, 0.29) is 19.6 Å². The average molecular weight is 361 g/mol. The Hall–Kier alpha value is -2.45. The molecule has 0 fully saturated rings. The maximum atomic E-state index is 12.6. The molecule has 9 heteroatoms. The van der Waals surface area contributed by atoms with Gasteiger partial charge in [-0.3, -0.25) is 0 Å². The number of hydrogen-bond donors (Lipinski definition) is 3. The summed E-state index contributed by atoms with van der Waals surface area (Å²) in [5.74, 6) is 0. The van der Waals surface area contributed by atoms with Gasteiger partial charge in [0.25, 0.3) is 0 Å². The minimum atomic E-state index is -4.42. The molecule has 25 heavy (non-hydrogen) atoms. The van der Waals surface area contributed by atoms with Crippen LogP contribution in [-0.2, 0) is 17.5 Å². The van der Waals surface area contributed by atoms with Crippen molar-refractivity contribution in [2.24, 2.45) is 0 Å². The number of alkyl halides is 3. The molecule has 3 N–H and O–H groups in total. The van der Waals surface area contributed by atoms with Crippen molar-refractivity contribution in [1.82, 2.24) is 16.0 Å². The minimum Gasteiger partial charge on any atom is -0.444 e. The Morgan fingerprint density at radius 3 is 2.28 bits per heavy atom. The average Bonchev–Trinajstić information content (AvgIpc) is 2.47. The Labute approximate surface area is 144 Å². The van der Waals surface area contributed by atoms with Crippen LogP contribution in [-0.4, -0.2) is 30.8 Å². The van der Waals surface area contributed by atoms with Gasteiger partial charge in [-0.25, -0.2) is 9.59 Å². The van der Waals surface area contributed by atoms with Crippen LogP contribution in [0.25, 0.3) is 0 Å². The van der Waals surface area contributed by atoms with Gasteiger partial charge in [0, 0.05) is 19.6 Å². The van der Waals surface area contributed by atoms with Crippen molar-refractivity contribution >= 4 is 12.1 Å². The smallest absolute Gasteiger partial charge is 0.416 e. The molecule has 0 bridgehead atoms. The Morgan fingerprint density at radius 2 is 1.68 bits per heavy atom. The predicted octanol–water partition coefficient (Wildman–Crippen LogP) is 3.03. The second-order valence-corrected chi connectivity index (χ2v) is 6.24. The van der Waals surface area contributed by atoms with E-state index in [0.717, 1.165) is 12.1 Å². The van der Waals surface area contributed by atoms with Gasteiger partial charge in [-0.1, -0.05) is 12.1 Å². The molecule has 1 aromatic carbocycles. The highest BCUT2D eigenvalue weighted by Crippen LogP contribution is 2.29. The number of alkyl carbamates (subject to hydrolysis) is 1. The first-order valence-corrected chi connectivity index (χ1v) is 7.62. The molecule has 0 aliphatic rings. The molecule has 6 nitrogen and oxygen atoms in total. The van der Waals surface area contributed by atoms with E-state index in [1.165, 1.54) is 12.1 Å². The predicted molar refractivity (Wildman–Crippen MR) is 85.9 cm³/mol. The van der Waals surface area contributed by atoms with Crippen molar-refractivity contribution in [3.05, 3.63) is 35.4 Å². The van der Waals surface area contributed by atoms with E-state index in [4.69, 9.17) is 4.74 Å². The number of ether oxygens (including phenoxy) is 1. The van der Waals surface area contributed by atoms with E-state index in [1.807, 2.05) is 0 Å². The summed E-state index contributed by atoms with van der Waals surface area (Å²) in [5, 5.41) is 7.38. The number of amides is 3. The van der Waals surface area contributed by atoms with Gasteiger partial charge in [-0.15, -0.1) is 0 Å². The molecule has 0 radical (unpaired) electrons. The maximum absolute atomic E-state index is 12.6. The van der Waals surface area contributed by atoms with Crippen LogP contribution in [0.15, 0.2) is 24.3 Å². The number of rotatable bonds is 5. The van der Waals surface area contributed by atoms with Crippen molar-refractivity contribution in [2.45, 2.75) is 39.1 Å². The zero-order chi connectivity index (χ0) is 19.1. The summed E-state index contributed by atoms with van der Waals surface area (Å²) in [4.78, 5) is 23.0. The number of urea groups is 1. The molecule has 3 amide bonds. The van der Waals surface area contributed by atoms with Crippen LogP contribution < -0.4 is 16.0 Å². The van der Waals surface area contributed by atoms with E-state index >= 15 is 0 Å². The SMILES string of the molecule is CC(C)(C)OC(=O)NCCNC(=O)NCc1cccc(C(F)(F)F)c1. The number of carbonyl (C=O) groups excluding carboxylic acids is 2. The Morgan fingerprint density at radius 1 is 1.04 bits per heavy atom. The first kappa shape index (κ1) is 20.6. The van der Waals surface area contributed by atoms with Crippen LogP contribution in [0, 0.1) is 0 Å². The summed E-state index contributed by atoms with van der Waals surface area (Å²) in [7, 11) is 0. The fourth-order valence-corrected chi connectivity index (χ4v) is 1.76. The van der Waals surface area contributed by atoms with Crippen LogP contribution in [0.4, 0.5) is 22.8 Å². The third kappa shape index (κ3) is 8.83. The second-order valence-electron chi connectivity index (χ2n) is 6.24. The van der Waals surface area contributed by atoms with Gasteiger partial charge in [0.05, 0.1) is 5.56 Å². The van der Waals surface area contributed by atoms with Crippen LogP contribution in [0.2, 0.25) is 0 Å². The lowest BCUT2D eigenvalue weighted by Crippen LogP contribution is -2.41. The molecule has 0 aliphatic heterocycles. The van der Waals surface area contributed by atoms with E-state index < -0.39 is 29.5 Å². The topological polar surface area (TPSA) is 79.5 Å². The molecule has 0 saturated heterocycles. The van der Waals surface area contributed by atoms with Crippen LogP contribution >= 0.6 is 0 Å². The van der Waals surface area contributed by atoms with Gasteiger partial charge >= 0.3 is 18.3 Å². The standard InChI is InChI=1S/C16H22F3N3O3/c1-15(2,3)25-14(24)21-8-7-20-13(23)22-10-11-5-4-6-12(9-11)16(17,18)19/h4-6,9H,7-8,10H2,1-3H3,(H,21,24)(H2,20,22,23). The lowest BCUT2D eigenvalue weighted by atomic mass is 10.1. The lowest BCUT2D eigenvalue weighted by molar-refractivity contribution is -0.137. The van der Waals surface area contributed by atoms with Gasteiger partial charge in [-0.05, 0) is 38.5 Å². The van der Waals surface area contributed by atoms with Crippen LogP contribution in [0.5, 0.6) is 0 Å². The van der Waals surface area contributed by atoms with Crippen LogP contribution in [0.3, 0.4) is 0 Å². The summed E-state index contributed by atoms with van der Waals surface area (Å²) in [6.45, 7) is 5.44. The monoisotopic (exact) mass is 361 g/mol. The van der Waals surface area contributed by atoms with Gasteiger partial charge in [0.15, 0.2) is 0 Å². The number of carbonyl (C=O) groups is 2. The van der Waals surface area contributed by atoms with Crippen molar-refractivity contribution < 1.29 is 27.5 Å². The third-order valence-corrected chi connectivity index (χ3v) is 2.79. The van der Waals surface area contributed by atoms with Gasteiger partial charge in [0.2, 0.25) is 0 Å². The molecule has 0 saturated carbocycles. The van der Waals surface area contributed by atoms with Crippen molar-refractivity contribution in [3.63, 3.8) is 0 Å². The fraction of sp³-hybridized carbons (Fsp3) is 0.500. The van der Waals surface area contributed by atoms with Gasteiger partial charge in [-0.2, -0.15) is 13.2 Å². The first-order chi connectivity index (χ1) is 11.5.